The second-order valence-electron chi connectivity index (χ2n) is 9.86. The van der Waals surface area contributed by atoms with Crippen LogP contribution in [0.25, 0.3) is 0 Å². The fraction of sp³-hybridized carbons (Fsp3) is 0.760. The van der Waals surface area contributed by atoms with Crippen molar-refractivity contribution in [3.05, 3.63) is 29.3 Å². The van der Waals surface area contributed by atoms with Crippen molar-refractivity contribution >= 4 is 8.80 Å². The Morgan fingerprint density at radius 2 is 1.55 bits per heavy atom. The smallest absolute Gasteiger partial charge is 0.387 e. The third kappa shape index (κ3) is 7.50. The minimum atomic E-state index is -3.23. The number of unbranched alkanes of at least 4 members (excludes halogenated alkanes) is 1. The molecule has 1 aromatic rings. The molecule has 1 aliphatic carbocycles. The van der Waals surface area contributed by atoms with Gasteiger partial charge in [-0.2, -0.15) is 8.78 Å². The third-order valence-electron chi connectivity index (χ3n) is 7.74. The van der Waals surface area contributed by atoms with E-state index in [1.165, 1.54) is 51.4 Å². The molecule has 31 heavy (non-hydrogen) atoms. The van der Waals surface area contributed by atoms with Crippen molar-refractivity contribution < 1.29 is 22.3 Å². The molecule has 0 aromatic heterocycles. The number of benzene rings is 1. The van der Waals surface area contributed by atoms with E-state index in [1.807, 2.05) is 0 Å². The summed E-state index contributed by atoms with van der Waals surface area (Å²) in [5.74, 6) is -0.370. The van der Waals surface area contributed by atoms with Crippen molar-refractivity contribution in [2.75, 3.05) is 0 Å². The molecule has 0 N–H and O–H groups in total. The fourth-order valence-corrected chi connectivity index (χ4v) is 9.51. The number of hydrogen-bond donors (Lipinski definition) is 0. The Hall–Kier alpha value is -1.04. The summed E-state index contributed by atoms with van der Waals surface area (Å²) < 4.78 is 56.0. The molecule has 2 fully saturated rings. The van der Waals surface area contributed by atoms with E-state index >= 15 is 0 Å². The van der Waals surface area contributed by atoms with Crippen LogP contribution in [0.3, 0.4) is 0 Å². The normalized spacial score (nSPS) is 26.9. The minimum absolute atomic E-state index is 0.380. The molecular formula is C25H38F4OSi. The lowest BCUT2D eigenvalue weighted by atomic mass is 9.73. The molecule has 1 nitrogen and oxygen atoms in total. The highest BCUT2D eigenvalue weighted by atomic mass is 28.3. The summed E-state index contributed by atoms with van der Waals surface area (Å²) in [6.07, 6.45) is 13.5. The van der Waals surface area contributed by atoms with Gasteiger partial charge in [0.25, 0.3) is 0 Å². The van der Waals surface area contributed by atoms with Crippen molar-refractivity contribution in [1.82, 2.24) is 0 Å². The molecule has 1 saturated carbocycles. The molecule has 0 unspecified atom stereocenters. The lowest BCUT2D eigenvalue weighted by Gasteiger charge is -2.37. The Bertz CT molecular complexity index is 644. The van der Waals surface area contributed by atoms with E-state index in [1.54, 1.807) is 18.1 Å². The zero-order valence-corrected chi connectivity index (χ0v) is 20.0. The molecule has 0 radical (unpaired) electrons. The average Bonchev–Trinajstić information content (AvgIpc) is 2.75. The maximum Gasteiger partial charge on any atom is 0.387 e. The first-order valence-corrected chi connectivity index (χ1v) is 14.8. The molecule has 0 spiro atoms. The standard InChI is InChI=1S/C25H38F4OSi/c1-2-13-31-14-11-21(12-15-31)20-9-7-18(8-10-20)5-3-4-6-19-16-22(26)24(23(27)17-19)30-25(28)29/h16-18,20-21,25,31H,2-15H2,1H3/t18-,20-,21?,31?. The lowest BCUT2D eigenvalue weighted by Crippen LogP contribution is -2.28. The third-order valence-corrected chi connectivity index (χ3v) is 11.4. The largest absolute Gasteiger partial charge is 0.429 e. The van der Waals surface area contributed by atoms with Gasteiger partial charge in [0, 0.05) is 8.80 Å². The van der Waals surface area contributed by atoms with E-state index in [2.05, 4.69) is 11.7 Å². The topological polar surface area (TPSA) is 9.23 Å². The van der Waals surface area contributed by atoms with Crippen molar-refractivity contribution in [2.45, 2.75) is 102 Å². The Labute approximate surface area is 186 Å². The molecule has 1 heterocycles. The van der Waals surface area contributed by atoms with Crippen LogP contribution in [0.2, 0.25) is 18.1 Å². The predicted molar refractivity (Wildman–Crippen MR) is 121 cm³/mol. The SMILES string of the molecule is CCC[SiH]1CCC([C@H]2CC[C@H](CCCCc3cc(F)c(OC(F)F)c(F)c3)CC2)CC1. The summed E-state index contributed by atoms with van der Waals surface area (Å²) in [5.41, 5.74) is 0.502. The highest BCUT2D eigenvalue weighted by Gasteiger charge is 2.30. The van der Waals surface area contributed by atoms with E-state index in [0.29, 0.717) is 12.0 Å². The van der Waals surface area contributed by atoms with Gasteiger partial charge in [0.15, 0.2) is 17.4 Å². The second-order valence-corrected chi connectivity index (χ2v) is 13.3. The summed E-state index contributed by atoms with van der Waals surface area (Å²) in [6.45, 7) is -0.902. The number of alkyl halides is 2. The Kier molecular flexibility index (Phi) is 9.73. The van der Waals surface area contributed by atoms with Crippen molar-refractivity contribution in [3.63, 3.8) is 0 Å². The van der Waals surface area contributed by atoms with Gasteiger partial charge in [-0.15, -0.1) is 0 Å². The van der Waals surface area contributed by atoms with Gasteiger partial charge in [0.05, 0.1) is 0 Å². The van der Waals surface area contributed by atoms with Crippen LogP contribution in [0.5, 0.6) is 5.75 Å². The molecule has 0 bridgehead atoms. The first kappa shape index (κ1) is 24.6. The summed E-state index contributed by atoms with van der Waals surface area (Å²) in [7, 11) is -0.380. The zero-order chi connectivity index (χ0) is 22.2. The van der Waals surface area contributed by atoms with Gasteiger partial charge in [-0.1, -0.05) is 70.0 Å². The van der Waals surface area contributed by atoms with Gasteiger partial charge < -0.3 is 4.74 Å². The van der Waals surface area contributed by atoms with Crippen molar-refractivity contribution in [1.29, 1.82) is 0 Å². The van der Waals surface area contributed by atoms with E-state index in [0.717, 1.165) is 42.7 Å². The summed E-state index contributed by atoms with van der Waals surface area (Å²) in [6, 6.07) is 6.93. The van der Waals surface area contributed by atoms with Crippen molar-refractivity contribution in [2.24, 2.45) is 17.8 Å². The first-order valence-electron chi connectivity index (χ1n) is 12.4. The second kappa shape index (κ2) is 12.3. The Morgan fingerprint density at radius 3 is 2.13 bits per heavy atom. The molecule has 1 saturated heterocycles. The number of halogens is 4. The van der Waals surface area contributed by atoms with E-state index in [9.17, 15) is 17.6 Å². The number of ether oxygens (including phenoxy) is 1. The Morgan fingerprint density at radius 1 is 0.935 bits per heavy atom. The maximum absolute atomic E-state index is 13.8. The molecular weight excluding hydrogens is 420 g/mol. The lowest BCUT2D eigenvalue weighted by molar-refractivity contribution is -0.0546. The molecule has 176 valence electrons. The molecule has 0 amide bonds. The zero-order valence-electron chi connectivity index (χ0n) is 18.9. The quantitative estimate of drug-likeness (QED) is 0.195. The highest BCUT2D eigenvalue weighted by molar-refractivity contribution is 6.58. The van der Waals surface area contributed by atoms with Crippen LogP contribution in [0, 0.1) is 29.4 Å². The van der Waals surface area contributed by atoms with Gasteiger partial charge >= 0.3 is 6.61 Å². The van der Waals surface area contributed by atoms with E-state index < -0.39 is 24.0 Å². The summed E-state index contributed by atoms with van der Waals surface area (Å²) in [5, 5.41) is 0. The van der Waals surface area contributed by atoms with Crippen LogP contribution < -0.4 is 4.74 Å². The van der Waals surface area contributed by atoms with E-state index in [-0.39, 0.29) is 8.80 Å². The minimum Gasteiger partial charge on any atom is -0.429 e. The Balaban J connectivity index is 1.33. The summed E-state index contributed by atoms with van der Waals surface area (Å²) >= 11 is 0. The van der Waals surface area contributed by atoms with Gasteiger partial charge in [0.1, 0.15) is 0 Å². The van der Waals surface area contributed by atoms with Crippen LogP contribution in [-0.4, -0.2) is 15.4 Å². The molecule has 2 aliphatic rings. The van der Waals surface area contributed by atoms with Crippen molar-refractivity contribution in [3.8, 4) is 5.75 Å². The van der Waals surface area contributed by atoms with Crippen LogP contribution >= 0.6 is 0 Å². The van der Waals surface area contributed by atoms with Gasteiger partial charge in [0.2, 0.25) is 0 Å². The molecule has 1 aliphatic heterocycles. The van der Waals surface area contributed by atoms with Crippen LogP contribution in [-0.2, 0) is 6.42 Å². The van der Waals surface area contributed by atoms with Crippen LogP contribution in [0.1, 0.15) is 76.7 Å². The van der Waals surface area contributed by atoms with Crippen LogP contribution in [0.15, 0.2) is 12.1 Å². The number of aryl methyl sites for hydroxylation is 1. The molecule has 6 heteroatoms. The number of rotatable bonds is 10. The fourth-order valence-electron chi connectivity index (χ4n) is 6.03. The summed E-state index contributed by atoms with van der Waals surface area (Å²) in [4.78, 5) is 0. The molecule has 0 atom stereocenters. The van der Waals surface area contributed by atoms with Crippen LogP contribution in [0.4, 0.5) is 17.6 Å². The average molecular weight is 459 g/mol. The molecule has 1 aromatic carbocycles. The molecule has 3 rings (SSSR count). The first-order chi connectivity index (χ1) is 15.0. The van der Waals surface area contributed by atoms with Gasteiger partial charge in [-0.25, -0.2) is 8.78 Å². The predicted octanol–water partition coefficient (Wildman–Crippen LogP) is 8.13. The van der Waals surface area contributed by atoms with E-state index in [4.69, 9.17) is 0 Å². The highest BCUT2D eigenvalue weighted by Crippen LogP contribution is 2.42. The monoisotopic (exact) mass is 458 g/mol. The maximum atomic E-state index is 13.8. The van der Waals surface area contributed by atoms with Gasteiger partial charge in [-0.05, 0) is 61.1 Å². The van der Waals surface area contributed by atoms with Gasteiger partial charge in [-0.3, -0.25) is 0 Å². The number of hydrogen-bond acceptors (Lipinski definition) is 1.